The second-order valence-electron chi connectivity index (χ2n) is 7.49. The minimum Gasteiger partial charge on any atom is -0.496 e. The lowest BCUT2D eigenvalue weighted by Gasteiger charge is -2.33. The number of carbonyl (C=O) groups is 2. The molecular formula is C23H23Cl2NO6. The number of halogens is 2. The van der Waals surface area contributed by atoms with Crippen molar-refractivity contribution < 1.29 is 28.6 Å². The summed E-state index contributed by atoms with van der Waals surface area (Å²) in [6.45, 7) is 5.01. The first kappa shape index (κ1) is 24.1. The highest BCUT2D eigenvalue weighted by Gasteiger charge is 2.50. The van der Waals surface area contributed by atoms with Crippen LogP contribution in [0.1, 0.15) is 36.7 Å². The van der Waals surface area contributed by atoms with Crippen molar-refractivity contribution in [3.8, 4) is 5.75 Å². The van der Waals surface area contributed by atoms with Crippen molar-refractivity contribution >= 4 is 40.7 Å². The van der Waals surface area contributed by atoms with Gasteiger partial charge in [-0.1, -0.05) is 41.4 Å². The maximum Gasteiger partial charge on any atom is 0.347 e. The molecule has 32 heavy (non-hydrogen) atoms. The van der Waals surface area contributed by atoms with Crippen LogP contribution in [0, 0.1) is 0 Å². The molecule has 0 aromatic heterocycles. The summed E-state index contributed by atoms with van der Waals surface area (Å²) in [5.74, 6) is -0.813. The van der Waals surface area contributed by atoms with Gasteiger partial charge in [0.25, 0.3) is 5.91 Å². The second kappa shape index (κ2) is 9.50. The molecule has 3 rings (SSSR count). The van der Waals surface area contributed by atoms with Gasteiger partial charge in [-0.2, -0.15) is 0 Å². The van der Waals surface area contributed by atoms with Gasteiger partial charge in [-0.25, -0.2) is 14.7 Å². The Balaban J connectivity index is 2.14. The average molecular weight is 480 g/mol. The first-order valence-electron chi connectivity index (χ1n) is 9.71. The molecule has 1 heterocycles. The summed E-state index contributed by atoms with van der Waals surface area (Å²) in [7, 11) is 2.90. The van der Waals surface area contributed by atoms with Gasteiger partial charge in [0, 0.05) is 17.7 Å². The van der Waals surface area contributed by atoms with Gasteiger partial charge >= 0.3 is 5.97 Å². The van der Waals surface area contributed by atoms with Crippen molar-refractivity contribution in [3.63, 3.8) is 0 Å². The van der Waals surface area contributed by atoms with Gasteiger partial charge in [-0.05, 0) is 45.0 Å². The second-order valence-corrected chi connectivity index (χ2v) is 8.33. The van der Waals surface area contributed by atoms with Crippen LogP contribution in [0.3, 0.4) is 0 Å². The van der Waals surface area contributed by atoms with Crippen LogP contribution in [-0.4, -0.2) is 43.0 Å². The molecule has 1 atom stereocenters. The molecule has 1 aliphatic rings. The van der Waals surface area contributed by atoms with Crippen molar-refractivity contribution in [2.45, 2.75) is 32.6 Å². The van der Waals surface area contributed by atoms with Gasteiger partial charge < -0.3 is 14.2 Å². The molecule has 2 aromatic carbocycles. The standard InChI is InChI=1S/C23H23Cl2NO6/c1-13(29-4)32-26-21(27)19(15-11-10-14(24)12-17(15)25)20(23(26,2)3)31-22(28)16-8-6-7-9-18(16)30-5/h6-13H,1-5H3. The summed E-state index contributed by atoms with van der Waals surface area (Å²) in [5.41, 5.74) is -0.520. The van der Waals surface area contributed by atoms with Gasteiger partial charge in [-0.3, -0.25) is 4.79 Å². The fourth-order valence-corrected chi connectivity index (χ4v) is 3.79. The zero-order chi connectivity index (χ0) is 23.6. The Labute approximate surface area is 196 Å². The molecule has 1 aliphatic heterocycles. The molecule has 0 spiro atoms. The lowest BCUT2D eigenvalue weighted by molar-refractivity contribution is -0.276. The Morgan fingerprint density at radius 3 is 2.41 bits per heavy atom. The predicted molar refractivity (Wildman–Crippen MR) is 120 cm³/mol. The van der Waals surface area contributed by atoms with Crippen molar-refractivity contribution in [1.29, 1.82) is 0 Å². The topological polar surface area (TPSA) is 74.3 Å². The van der Waals surface area contributed by atoms with E-state index in [0.29, 0.717) is 16.3 Å². The molecule has 1 unspecified atom stereocenters. The van der Waals surface area contributed by atoms with Crippen molar-refractivity contribution in [2.75, 3.05) is 14.2 Å². The fourth-order valence-electron chi connectivity index (χ4n) is 3.29. The average Bonchev–Trinajstić information content (AvgIpc) is 2.94. The smallest absolute Gasteiger partial charge is 0.347 e. The van der Waals surface area contributed by atoms with Crippen LogP contribution < -0.4 is 4.74 Å². The zero-order valence-corrected chi connectivity index (χ0v) is 19.8. The van der Waals surface area contributed by atoms with Crippen molar-refractivity contribution in [3.05, 3.63) is 69.4 Å². The van der Waals surface area contributed by atoms with Crippen LogP contribution in [0.25, 0.3) is 5.57 Å². The van der Waals surface area contributed by atoms with Crippen LogP contribution in [0.2, 0.25) is 10.0 Å². The summed E-state index contributed by atoms with van der Waals surface area (Å²) < 4.78 is 16.2. The first-order chi connectivity index (χ1) is 15.1. The highest BCUT2D eigenvalue weighted by Crippen LogP contribution is 2.44. The first-order valence-corrected chi connectivity index (χ1v) is 10.5. The van der Waals surface area contributed by atoms with E-state index in [2.05, 4.69) is 0 Å². The van der Waals surface area contributed by atoms with Crippen LogP contribution in [0.5, 0.6) is 5.75 Å². The molecule has 1 amide bonds. The molecule has 0 bridgehead atoms. The Morgan fingerprint density at radius 1 is 1.09 bits per heavy atom. The minimum absolute atomic E-state index is 0.0749. The van der Waals surface area contributed by atoms with E-state index >= 15 is 0 Å². The third-order valence-electron chi connectivity index (χ3n) is 5.00. The number of esters is 1. The summed E-state index contributed by atoms with van der Waals surface area (Å²) >= 11 is 12.4. The molecule has 7 nitrogen and oxygen atoms in total. The highest BCUT2D eigenvalue weighted by molar-refractivity contribution is 6.37. The van der Waals surface area contributed by atoms with Crippen molar-refractivity contribution in [2.24, 2.45) is 0 Å². The van der Waals surface area contributed by atoms with E-state index in [1.165, 1.54) is 20.3 Å². The summed E-state index contributed by atoms with van der Waals surface area (Å²) in [5, 5.41) is 1.74. The lowest BCUT2D eigenvalue weighted by atomic mass is 9.99. The molecule has 0 saturated carbocycles. The normalized spacial score (nSPS) is 16.3. The maximum absolute atomic E-state index is 13.4. The Kier molecular flexibility index (Phi) is 7.15. The largest absolute Gasteiger partial charge is 0.496 e. The predicted octanol–water partition coefficient (Wildman–Crippen LogP) is 5.11. The quantitative estimate of drug-likeness (QED) is 0.405. The minimum atomic E-state index is -1.17. The SMILES string of the molecule is COc1ccccc1C(=O)OC1=C(c2ccc(Cl)cc2Cl)C(=O)N(OC(C)OC)C1(C)C. The molecule has 0 aliphatic carbocycles. The molecule has 0 saturated heterocycles. The molecule has 0 fully saturated rings. The third kappa shape index (κ3) is 4.47. The fraction of sp³-hybridized carbons (Fsp3) is 0.304. The van der Waals surface area contributed by atoms with Gasteiger partial charge in [0.15, 0.2) is 6.29 Å². The van der Waals surface area contributed by atoms with E-state index < -0.39 is 23.7 Å². The maximum atomic E-state index is 13.4. The molecular weight excluding hydrogens is 457 g/mol. The van der Waals surface area contributed by atoms with E-state index in [1.54, 1.807) is 57.2 Å². The monoisotopic (exact) mass is 479 g/mol. The molecule has 170 valence electrons. The summed E-state index contributed by atoms with van der Waals surface area (Å²) in [6, 6.07) is 11.3. The zero-order valence-electron chi connectivity index (χ0n) is 18.3. The number of nitrogens with zero attached hydrogens (tertiary/aromatic N) is 1. The number of rotatable bonds is 7. The number of hydrogen-bond donors (Lipinski definition) is 0. The number of ether oxygens (including phenoxy) is 3. The molecule has 0 N–H and O–H groups in total. The highest BCUT2D eigenvalue weighted by atomic mass is 35.5. The van der Waals surface area contributed by atoms with Crippen LogP contribution >= 0.6 is 23.2 Å². The van der Waals surface area contributed by atoms with Gasteiger partial charge in [0.05, 0.1) is 17.7 Å². The number of carbonyl (C=O) groups excluding carboxylic acids is 2. The van der Waals surface area contributed by atoms with E-state index in [-0.39, 0.29) is 21.9 Å². The summed E-state index contributed by atoms with van der Waals surface area (Å²) in [4.78, 5) is 32.2. The Bertz CT molecular complexity index is 1080. The Morgan fingerprint density at radius 2 is 1.78 bits per heavy atom. The third-order valence-corrected chi connectivity index (χ3v) is 5.54. The summed E-state index contributed by atoms with van der Waals surface area (Å²) in [6.07, 6.45) is -0.732. The van der Waals surface area contributed by atoms with Crippen LogP contribution in [0.4, 0.5) is 0 Å². The number of benzene rings is 2. The van der Waals surface area contributed by atoms with Crippen LogP contribution in [-0.2, 0) is 19.1 Å². The van der Waals surface area contributed by atoms with E-state index in [4.69, 9.17) is 42.3 Å². The van der Waals surface area contributed by atoms with Gasteiger partial charge in [-0.15, -0.1) is 0 Å². The number of hydrogen-bond acceptors (Lipinski definition) is 6. The van der Waals surface area contributed by atoms with Gasteiger partial charge in [0.1, 0.15) is 22.6 Å². The van der Waals surface area contributed by atoms with Crippen molar-refractivity contribution in [1.82, 2.24) is 5.06 Å². The Hall–Kier alpha value is -2.58. The number of para-hydroxylation sites is 1. The number of methoxy groups -OCH3 is 2. The lowest BCUT2D eigenvalue weighted by Crippen LogP contribution is -2.46. The van der Waals surface area contributed by atoms with E-state index in [9.17, 15) is 9.59 Å². The molecule has 2 aromatic rings. The van der Waals surface area contributed by atoms with Crippen LogP contribution in [0.15, 0.2) is 48.2 Å². The molecule has 9 heteroatoms. The molecule has 0 radical (unpaired) electrons. The number of amides is 1. The van der Waals surface area contributed by atoms with E-state index in [1.807, 2.05) is 0 Å². The number of hydroxylamine groups is 2. The van der Waals surface area contributed by atoms with E-state index in [0.717, 1.165) is 5.06 Å². The van der Waals surface area contributed by atoms with Gasteiger partial charge in [0.2, 0.25) is 0 Å².